The van der Waals surface area contributed by atoms with E-state index in [4.69, 9.17) is 4.42 Å². The van der Waals surface area contributed by atoms with Crippen molar-refractivity contribution in [2.45, 2.75) is 0 Å². The van der Waals surface area contributed by atoms with E-state index in [1.165, 1.54) is 103 Å². The van der Waals surface area contributed by atoms with Gasteiger partial charge in [0.1, 0.15) is 11.2 Å². The van der Waals surface area contributed by atoms with Crippen LogP contribution in [0.3, 0.4) is 0 Å². The number of hydrogen-bond donors (Lipinski definition) is 0. The van der Waals surface area contributed by atoms with E-state index in [0.717, 1.165) is 27.5 Å². The summed E-state index contributed by atoms with van der Waals surface area (Å²) in [6, 6.07) is 67.3. The van der Waals surface area contributed by atoms with Crippen LogP contribution in [-0.4, -0.2) is 0 Å². The summed E-state index contributed by atoms with van der Waals surface area (Å²) in [4.78, 5) is 0. The Balaban J connectivity index is 1.14. The van der Waals surface area contributed by atoms with Gasteiger partial charge in [-0.05, 0) is 127 Å². The van der Waals surface area contributed by atoms with E-state index < -0.39 is 0 Å². The second-order valence-electron chi connectivity index (χ2n) is 15.2. The standard InChI is InChI=1S/C54H30O/c1-2-6-31(7-3-1)38-16-17-39-29-47-48(30-40(39)28-38)55-54-46(42-23-19-37-15-13-33-9-5-11-35-21-25-44(42)52(37)50(33)35)27-26-45(53(47)54)41-22-18-36-14-12-32-8-4-10-34-20-24-43(41)51(36)49(32)34/h1-30H. The van der Waals surface area contributed by atoms with Crippen LogP contribution in [0, 0.1) is 0 Å². The highest BCUT2D eigenvalue weighted by Crippen LogP contribution is 2.48. The first-order chi connectivity index (χ1) is 27.2. The lowest BCUT2D eigenvalue weighted by atomic mass is 9.86. The van der Waals surface area contributed by atoms with E-state index in [0.29, 0.717) is 0 Å². The van der Waals surface area contributed by atoms with E-state index >= 15 is 0 Å². The van der Waals surface area contributed by atoms with Crippen molar-refractivity contribution in [3.8, 4) is 33.4 Å². The lowest BCUT2D eigenvalue weighted by Crippen LogP contribution is -1.90. The van der Waals surface area contributed by atoms with Crippen molar-refractivity contribution in [3.63, 3.8) is 0 Å². The maximum Gasteiger partial charge on any atom is 0.143 e. The quantitative estimate of drug-likeness (QED) is 0.168. The van der Waals surface area contributed by atoms with Crippen LogP contribution in [0.2, 0.25) is 0 Å². The summed E-state index contributed by atoms with van der Waals surface area (Å²) in [7, 11) is 0. The maximum atomic E-state index is 7.17. The van der Waals surface area contributed by atoms with Crippen molar-refractivity contribution >= 4 is 97.3 Å². The number of fused-ring (bicyclic) bond motifs is 4. The highest BCUT2D eigenvalue weighted by molar-refractivity contribution is 6.30. The summed E-state index contributed by atoms with van der Waals surface area (Å²) in [6.07, 6.45) is 0. The third-order valence-electron chi connectivity index (χ3n) is 12.3. The monoisotopic (exact) mass is 694 g/mol. The first-order valence-corrected chi connectivity index (χ1v) is 19.1. The maximum absolute atomic E-state index is 7.17. The Labute approximate surface area is 315 Å². The molecule has 1 aromatic heterocycles. The molecule has 0 aliphatic rings. The minimum absolute atomic E-state index is 0.900. The molecule has 12 aromatic carbocycles. The van der Waals surface area contributed by atoms with Gasteiger partial charge in [0.15, 0.2) is 0 Å². The fourth-order valence-electron chi connectivity index (χ4n) is 9.81. The largest absolute Gasteiger partial charge is 0.455 e. The zero-order chi connectivity index (χ0) is 35.8. The normalized spacial score (nSPS) is 12.4. The Morgan fingerprint density at radius 1 is 0.255 bits per heavy atom. The molecule has 0 saturated heterocycles. The average molecular weight is 695 g/mol. The third kappa shape index (κ3) is 4.02. The Bertz CT molecular complexity index is 3670. The molecule has 252 valence electrons. The molecule has 0 unspecified atom stereocenters. The fraction of sp³-hybridized carbons (Fsp3) is 0. The summed E-state index contributed by atoms with van der Waals surface area (Å²) >= 11 is 0. The molecule has 0 bridgehead atoms. The highest BCUT2D eigenvalue weighted by atomic mass is 16.3. The van der Waals surface area contributed by atoms with Gasteiger partial charge >= 0.3 is 0 Å². The van der Waals surface area contributed by atoms with Crippen molar-refractivity contribution < 1.29 is 4.42 Å². The van der Waals surface area contributed by atoms with Crippen molar-refractivity contribution in [2.75, 3.05) is 0 Å². The molecular weight excluding hydrogens is 665 g/mol. The summed E-state index contributed by atoms with van der Waals surface area (Å²) in [5.74, 6) is 0. The van der Waals surface area contributed by atoms with Gasteiger partial charge in [0.05, 0.1) is 0 Å². The number of benzene rings is 12. The second kappa shape index (κ2) is 10.7. The molecule has 55 heavy (non-hydrogen) atoms. The van der Waals surface area contributed by atoms with E-state index in [-0.39, 0.29) is 0 Å². The molecule has 0 atom stereocenters. The van der Waals surface area contributed by atoms with Gasteiger partial charge in [0.25, 0.3) is 0 Å². The summed E-state index contributed by atoms with van der Waals surface area (Å²) < 4.78 is 7.17. The van der Waals surface area contributed by atoms with Crippen molar-refractivity contribution in [2.24, 2.45) is 0 Å². The summed E-state index contributed by atoms with van der Waals surface area (Å²) in [5, 5.41) is 20.1. The molecule has 0 radical (unpaired) electrons. The lowest BCUT2D eigenvalue weighted by Gasteiger charge is -2.16. The van der Waals surface area contributed by atoms with Crippen LogP contribution in [-0.2, 0) is 0 Å². The van der Waals surface area contributed by atoms with Crippen molar-refractivity contribution in [1.29, 1.82) is 0 Å². The molecule has 0 fully saturated rings. The molecule has 1 nitrogen and oxygen atoms in total. The molecule has 1 heteroatoms. The predicted octanol–water partition coefficient (Wildman–Crippen LogP) is 15.5. The van der Waals surface area contributed by atoms with Gasteiger partial charge in [-0.3, -0.25) is 0 Å². The first-order valence-electron chi connectivity index (χ1n) is 19.1. The SMILES string of the molecule is c1ccc(-c2ccc3cc4c(cc3c2)oc2c(-c3ccc5ccc6cccc7ccc3c5c67)ccc(-c3ccc5ccc6cccc7ccc3c5c67)c24)cc1. The van der Waals surface area contributed by atoms with Gasteiger partial charge in [-0.15, -0.1) is 0 Å². The predicted molar refractivity (Wildman–Crippen MR) is 235 cm³/mol. The van der Waals surface area contributed by atoms with Crippen LogP contribution in [0.25, 0.3) is 131 Å². The topological polar surface area (TPSA) is 13.1 Å². The van der Waals surface area contributed by atoms with E-state index in [2.05, 4.69) is 182 Å². The van der Waals surface area contributed by atoms with Gasteiger partial charge in [0.2, 0.25) is 0 Å². The first kappa shape index (κ1) is 29.3. The molecule has 0 saturated carbocycles. The van der Waals surface area contributed by atoms with Crippen molar-refractivity contribution in [1.82, 2.24) is 0 Å². The molecule has 0 N–H and O–H groups in total. The smallest absolute Gasteiger partial charge is 0.143 e. The Hall–Kier alpha value is -7.22. The van der Waals surface area contributed by atoms with E-state index in [1.807, 2.05) is 0 Å². The third-order valence-corrected chi connectivity index (χ3v) is 12.3. The zero-order valence-corrected chi connectivity index (χ0v) is 29.7. The van der Waals surface area contributed by atoms with Crippen LogP contribution in [0.15, 0.2) is 186 Å². The molecule has 0 amide bonds. The minimum atomic E-state index is 0.900. The highest BCUT2D eigenvalue weighted by Gasteiger charge is 2.22. The minimum Gasteiger partial charge on any atom is -0.455 e. The van der Waals surface area contributed by atoms with Crippen LogP contribution >= 0.6 is 0 Å². The summed E-state index contributed by atoms with van der Waals surface area (Å²) in [5.41, 5.74) is 8.94. The Kier molecular flexibility index (Phi) is 5.69. The lowest BCUT2D eigenvalue weighted by molar-refractivity contribution is 0.670. The molecular formula is C54H30O. The van der Waals surface area contributed by atoms with Crippen LogP contribution in [0.5, 0.6) is 0 Å². The van der Waals surface area contributed by atoms with E-state index in [1.54, 1.807) is 0 Å². The van der Waals surface area contributed by atoms with Gasteiger partial charge in [-0.1, -0.05) is 158 Å². The Morgan fingerprint density at radius 2 is 0.764 bits per heavy atom. The molecule has 1 heterocycles. The molecule has 13 aromatic rings. The number of rotatable bonds is 3. The molecule has 13 rings (SSSR count). The molecule has 0 aliphatic heterocycles. The average Bonchev–Trinajstić information content (AvgIpc) is 3.62. The van der Waals surface area contributed by atoms with Crippen LogP contribution < -0.4 is 0 Å². The van der Waals surface area contributed by atoms with Gasteiger partial charge in [0, 0.05) is 16.3 Å². The molecule has 0 aliphatic carbocycles. The number of hydrogen-bond acceptors (Lipinski definition) is 1. The van der Waals surface area contributed by atoms with Gasteiger partial charge in [-0.25, -0.2) is 0 Å². The number of furan rings is 1. The van der Waals surface area contributed by atoms with E-state index in [9.17, 15) is 0 Å². The van der Waals surface area contributed by atoms with Crippen molar-refractivity contribution in [3.05, 3.63) is 182 Å². The fourth-order valence-corrected chi connectivity index (χ4v) is 9.81. The van der Waals surface area contributed by atoms with Gasteiger partial charge in [-0.2, -0.15) is 0 Å². The molecule has 0 spiro atoms. The Morgan fingerprint density at radius 3 is 1.40 bits per heavy atom. The summed E-state index contributed by atoms with van der Waals surface area (Å²) in [6.45, 7) is 0. The van der Waals surface area contributed by atoms with Crippen LogP contribution in [0.4, 0.5) is 0 Å². The zero-order valence-electron chi connectivity index (χ0n) is 29.7. The second-order valence-corrected chi connectivity index (χ2v) is 15.2. The van der Waals surface area contributed by atoms with Gasteiger partial charge < -0.3 is 4.42 Å². The van der Waals surface area contributed by atoms with Crippen LogP contribution in [0.1, 0.15) is 0 Å².